The summed E-state index contributed by atoms with van der Waals surface area (Å²) in [5.41, 5.74) is 0. The Balaban J connectivity index is 2.75. The van der Waals surface area contributed by atoms with Crippen LogP contribution in [-0.2, 0) is 0 Å². The maximum absolute atomic E-state index is 8.63. The van der Waals surface area contributed by atoms with Crippen molar-refractivity contribution in [2.45, 2.75) is 6.92 Å². The summed E-state index contributed by atoms with van der Waals surface area (Å²) in [6.45, 7) is 2.16. The molecule has 86 valence electrons. The summed E-state index contributed by atoms with van der Waals surface area (Å²) in [5, 5.41) is 8.63. The molecule has 16 heavy (non-hydrogen) atoms. The molecule has 1 unspecified atom stereocenters. The molecule has 0 fully saturated rings. The zero-order valence-electron chi connectivity index (χ0n) is 9.69. The van der Waals surface area contributed by atoms with Crippen molar-refractivity contribution in [2.75, 3.05) is 20.8 Å². The first-order valence-electron chi connectivity index (χ1n) is 4.95. The molecule has 4 heteroatoms. The average Bonchev–Trinajstić information content (AvgIpc) is 2.35. The predicted octanol–water partition coefficient (Wildman–Crippen LogP) is 2.24. The molecule has 0 heterocycles. The minimum absolute atomic E-state index is 0.141. The largest absolute Gasteiger partial charge is 0.496 e. The summed E-state index contributed by atoms with van der Waals surface area (Å²) in [6, 6.07) is 7.38. The predicted molar refractivity (Wildman–Crippen MR) is 59.8 cm³/mol. The van der Waals surface area contributed by atoms with E-state index >= 15 is 0 Å². The molecule has 4 nitrogen and oxygen atoms in total. The molecule has 0 N–H and O–H groups in total. The molecular weight excluding hydrogens is 206 g/mol. The van der Waals surface area contributed by atoms with E-state index in [2.05, 4.69) is 6.07 Å². The molecule has 0 radical (unpaired) electrons. The second kappa shape index (κ2) is 5.86. The zero-order valence-corrected chi connectivity index (χ0v) is 9.69. The van der Waals surface area contributed by atoms with Crippen molar-refractivity contribution in [3.8, 4) is 23.3 Å². The normalized spacial score (nSPS) is 11.4. The number of nitrogens with zero attached hydrogens (tertiary/aromatic N) is 1. The van der Waals surface area contributed by atoms with Gasteiger partial charge in [-0.3, -0.25) is 0 Å². The van der Waals surface area contributed by atoms with Crippen LogP contribution in [0.3, 0.4) is 0 Å². The number of rotatable bonds is 5. The van der Waals surface area contributed by atoms with Crippen LogP contribution in [0.4, 0.5) is 0 Å². The van der Waals surface area contributed by atoms with Gasteiger partial charge in [0.25, 0.3) is 0 Å². The van der Waals surface area contributed by atoms with Gasteiger partial charge in [0.1, 0.15) is 23.9 Å². The highest BCUT2D eigenvalue weighted by Crippen LogP contribution is 2.27. The van der Waals surface area contributed by atoms with Gasteiger partial charge in [-0.1, -0.05) is 0 Å². The molecule has 1 aromatic rings. The smallest absolute Gasteiger partial charge is 0.126 e. The van der Waals surface area contributed by atoms with Gasteiger partial charge >= 0.3 is 0 Å². The average molecular weight is 221 g/mol. The molecule has 0 amide bonds. The third kappa shape index (κ3) is 3.35. The molecule has 0 aliphatic heterocycles. The number of methoxy groups -OCH3 is 2. The van der Waals surface area contributed by atoms with Crippen molar-refractivity contribution in [1.82, 2.24) is 0 Å². The van der Waals surface area contributed by atoms with Gasteiger partial charge in [-0.05, 0) is 6.92 Å². The summed E-state index contributed by atoms with van der Waals surface area (Å²) < 4.78 is 15.7. The lowest BCUT2D eigenvalue weighted by Gasteiger charge is -2.10. The number of hydrogen-bond acceptors (Lipinski definition) is 4. The van der Waals surface area contributed by atoms with Gasteiger partial charge in [0.15, 0.2) is 0 Å². The van der Waals surface area contributed by atoms with Crippen molar-refractivity contribution in [1.29, 1.82) is 5.26 Å². The number of nitriles is 1. The Kier molecular flexibility index (Phi) is 4.46. The van der Waals surface area contributed by atoms with Gasteiger partial charge in [0, 0.05) is 18.2 Å². The Bertz CT molecular complexity index is 362. The highest BCUT2D eigenvalue weighted by molar-refractivity contribution is 5.41. The first-order chi connectivity index (χ1) is 7.69. The van der Waals surface area contributed by atoms with Crippen LogP contribution in [0.2, 0.25) is 0 Å². The zero-order chi connectivity index (χ0) is 12.0. The molecule has 1 rings (SSSR count). The van der Waals surface area contributed by atoms with E-state index in [9.17, 15) is 0 Å². The lowest BCUT2D eigenvalue weighted by molar-refractivity contribution is 0.284. The summed E-state index contributed by atoms with van der Waals surface area (Å²) in [5.74, 6) is 1.83. The lowest BCUT2D eigenvalue weighted by Crippen LogP contribution is -2.06. The highest BCUT2D eigenvalue weighted by Gasteiger charge is 2.05. The summed E-state index contributed by atoms with van der Waals surface area (Å²) in [6.07, 6.45) is 0. The molecule has 0 bridgehead atoms. The standard InChI is InChI=1S/C12H15NO3/c1-9(7-13)8-16-12-5-10(14-2)4-11(6-12)15-3/h4-6,9H,8H2,1-3H3. The van der Waals surface area contributed by atoms with Crippen LogP contribution in [0.15, 0.2) is 18.2 Å². The summed E-state index contributed by atoms with van der Waals surface area (Å²) >= 11 is 0. The Hall–Kier alpha value is -1.89. The van der Waals surface area contributed by atoms with Crippen molar-refractivity contribution < 1.29 is 14.2 Å². The maximum Gasteiger partial charge on any atom is 0.126 e. The van der Waals surface area contributed by atoms with Crippen LogP contribution in [0.25, 0.3) is 0 Å². The summed E-state index contributed by atoms with van der Waals surface area (Å²) in [7, 11) is 3.16. The van der Waals surface area contributed by atoms with Gasteiger partial charge in [-0.25, -0.2) is 0 Å². The Morgan fingerprint density at radius 2 is 1.62 bits per heavy atom. The minimum Gasteiger partial charge on any atom is -0.496 e. The van der Waals surface area contributed by atoms with E-state index < -0.39 is 0 Å². The van der Waals surface area contributed by atoms with Gasteiger partial charge in [0.05, 0.1) is 26.2 Å². The fourth-order valence-corrected chi connectivity index (χ4v) is 1.12. The second-order valence-corrected chi connectivity index (χ2v) is 3.39. The fraction of sp³-hybridized carbons (Fsp3) is 0.417. The summed E-state index contributed by atoms with van der Waals surface area (Å²) in [4.78, 5) is 0. The SMILES string of the molecule is COc1cc(OC)cc(OCC(C)C#N)c1. The van der Waals surface area contributed by atoms with Crippen LogP contribution in [-0.4, -0.2) is 20.8 Å². The van der Waals surface area contributed by atoms with Crippen LogP contribution >= 0.6 is 0 Å². The molecule has 0 aromatic heterocycles. The van der Waals surface area contributed by atoms with E-state index in [-0.39, 0.29) is 5.92 Å². The Morgan fingerprint density at radius 3 is 2.06 bits per heavy atom. The third-order valence-electron chi connectivity index (χ3n) is 2.05. The van der Waals surface area contributed by atoms with Gasteiger partial charge in [0.2, 0.25) is 0 Å². The van der Waals surface area contributed by atoms with Crippen LogP contribution in [0.5, 0.6) is 17.2 Å². The quantitative estimate of drug-likeness (QED) is 0.765. The van der Waals surface area contributed by atoms with E-state index in [1.54, 1.807) is 39.3 Å². The Labute approximate surface area is 95.4 Å². The molecule has 0 aliphatic rings. The van der Waals surface area contributed by atoms with Crippen molar-refractivity contribution in [3.05, 3.63) is 18.2 Å². The molecule has 1 atom stereocenters. The fourth-order valence-electron chi connectivity index (χ4n) is 1.12. The van der Waals surface area contributed by atoms with E-state index in [4.69, 9.17) is 19.5 Å². The van der Waals surface area contributed by atoms with E-state index in [1.165, 1.54) is 0 Å². The maximum atomic E-state index is 8.63. The van der Waals surface area contributed by atoms with E-state index in [1.807, 2.05) is 0 Å². The van der Waals surface area contributed by atoms with Gasteiger partial charge in [-0.15, -0.1) is 0 Å². The molecule has 0 spiro atoms. The topological polar surface area (TPSA) is 51.5 Å². The van der Waals surface area contributed by atoms with Crippen molar-refractivity contribution in [2.24, 2.45) is 5.92 Å². The minimum atomic E-state index is -0.141. The number of ether oxygens (including phenoxy) is 3. The first-order valence-corrected chi connectivity index (χ1v) is 4.95. The molecule has 0 saturated carbocycles. The number of hydrogen-bond donors (Lipinski definition) is 0. The van der Waals surface area contributed by atoms with Crippen LogP contribution < -0.4 is 14.2 Å². The van der Waals surface area contributed by atoms with Crippen molar-refractivity contribution >= 4 is 0 Å². The van der Waals surface area contributed by atoms with E-state index in [0.717, 1.165) is 0 Å². The Morgan fingerprint density at radius 1 is 1.12 bits per heavy atom. The lowest BCUT2D eigenvalue weighted by atomic mass is 10.2. The van der Waals surface area contributed by atoms with Crippen LogP contribution in [0, 0.1) is 17.2 Å². The van der Waals surface area contributed by atoms with Gasteiger partial charge in [-0.2, -0.15) is 5.26 Å². The number of benzene rings is 1. The first kappa shape index (κ1) is 12.2. The molecule has 1 aromatic carbocycles. The monoisotopic (exact) mass is 221 g/mol. The molecule has 0 aliphatic carbocycles. The third-order valence-corrected chi connectivity index (χ3v) is 2.05. The van der Waals surface area contributed by atoms with E-state index in [0.29, 0.717) is 23.9 Å². The van der Waals surface area contributed by atoms with Crippen molar-refractivity contribution in [3.63, 3.8) is 0 Å². The van der Waals surface area contributed by atoms with Crippen LogP contribution in [0.1, 0.15) is 6.92 Å². The van der Waals surface area contributed by atoms with Gasteiger partial charge < -0.3 is 14.2 Å². The highest BCUT2D eigenvalue weighted by atomic mass is 16.5. The molecule has 0 saturated heterocycles. The second-order valence-electron chi connectivity index (χ2n) is 3.39. The molecular formula is C12H15NO3.